The fourth-order valence-corrected chi connectivity index (χ4v) is 3.37. The minimum absolute atomic E-state index is 0.180. The summed E-state index contributed by atoms with van der Waals surface area (Å²) in [6, 6.07) is 7.87. The number of hydrogen-bond acceptors (Lipinski definition) is 4. The number of nitrogens with one attached hydrogen (secondary N) is 1. The minimum Gasteiger partial charge on any atom is -0.342 e. The van der Waals surface area contributed by atoms with E-state index in [1.807, 2.05) is 29.2 Å². The Hall–Kier alpha value is -1.34. The molecule has 0 spiro atoms. The number of carbonyl (C=O) groups is 1. The van der Waals surface area contributed by atoms with Crippen LogP contribution in [-0.4, -0.2) is 44.8 Å². The molecule has 0 atom stereocenters. The number of aromatic nitrogens is 3. The van der Waals surface area contributed by atoms with Crippen LogP contribution in [0.4, 0.5) is 0 Å². The molecule has 1 aliphatic rings. The third kappa shape index (κ3) is 3.89. The summed E-state index contributed by atoms with van der Waals surface area (Å²) in [5, 5.41) is 7.71. The van der Waals surface area contributed by atoms with Crippen LogP contribution in [0.15, 0.2) is 33.9 Å². The topological polar surface area (TPSA) is 61.9 Å². The quantitative estimate of drug-likeness (QED) is 0.826. The van der Waals surface area contributed by atoms with Gasteiger partial charge < -0.3 is 4.90 Å². The molecule has 1 aromatic heterocycles. The molecular weight excluding hydrogens is 364 g/mol. The maximum absolute atomic E-state index is 12.1. The van der Waals surface area contributed by atoms with Crippen molar-refractivity contribution in [3.63, 3.8) is 0 Å². The smallest absolute Gasteiger partial charge is 0.233 e. The molecule has 116 valence electrons. The number of hydrogen-bond donors (Lipinski definition) is 1. The molecule has 0 aliphatic carbocycles. The predicted molar refractivity (Wildman–Crippen MR) is 90.7 cm³/mol. The van der Waals surface area contributed by atoms with Gasteiger partial charge in [-0.15, -0.1) is 5.10 Å². The Kier molecular flexibility index (Phi) is 5.15. The maximum Gasteiger partial charge on any atom is 0.233 e. The average Bonchev–Trinajstić information content (AvgIpc) is 3.03. The van der Waals surface area contributed by atoms with Crippen LogP contribution in [0.25, 0.3) is 11.4 Å². The first-order valence-corrected chi connectivity index (χ1v) is 9.09. The van der Waals surface area contributed by atoms with Gasteiger partial charge >= 0.3 is 0 Å². The highest BCUT2D eigenvalue weighted by atomic mass is 79.9. The Morgan fingerprint density at radius 2 is 1.95 bits per heavy atom. The number of nitrogens with zero attached hydrogens (tertiary/aromatic N) is 3. The normalized spacial score (nSPS) is 15.0. The van der Waals surface area contributed by atoms with E-state index in [9.17, 15) is 4.79 Å². The van der Waals surface area contributed by atoms with Gasteiger partial charge in [0.25, 0.3) is 0 Å². The highest BCUT2D eigenvalue weighted by Gasteiger charge is 2.17. The van der Waals surface area contributed by atoms with Crippen LogP contribution in [0.1, 0.15) is 19.3 Å². The molecule has 1 fully saturated rings. The Balaban J connectivity index is 1.57. The van der Waals surface area contributed by atoms with Crippen molar-refractivity contribution in [3.8, 4) is 11.4 Å². The van der Waals surface area contributed by atoms with Gasteiger partial charge in [0.2, 0.25) is 11.1 Å². The molecule has 2 aromatic rings. The van der Waals surface area contributed by atoms with Crippen LogP contribution in [0.2, 0.25) is 0 Å². The predicted octanol–water partition coefficient (Wildman–Crippen LogP) is 3.34. The number of amides is 1. The molecule has 1 saturated heterocycles. The fourth-order valence-electron chi connectivity index (χ4n) is 2.41. The van der Waals surface area contributed by atoms with E-state index in [4.69, 9.17) is 0 Å². The molecule has 2 heterocycles. The van der Waals surface area contributed by atoms with Gasteiger partial charge in [0, 0.05) is 23.1 Å². The monoisotopic (exact) mass is 380 g/mol. The molecular formula is C15H17BrN4OS. The Morgan fingerprint density at radius 3 is 2.68 bits per heavy atom. The van der Waals surface area contributed by atoms with Gasteiger partial charge in [0.15, 0.2) is 5.82 Å². The first-order chi connectivity index (χ1) is 10.7. The van der Waals surface area contributed by atoms with E-state index >= 15 is 0 Å². The van der Waals surface area contributed by atoms with Crippen molar-refractivity contribution in [2.45, 2.75) is 24.4 Å². The van der Waals surface area contributed by atoms with Crippen molar-refractivity contribution in [2.75, 3.05) is 18.8 Å². The molecule has 1 aromatic carbocycles. The summed E-state index contributed by atoms with van der Waals surface area (Å²) in [6.45, 7) is 1.77. The third-order valence-corrected chi connectivity index (χ3v) is 4.98. The Bertz CT molecular complexity index is 637. The van der Waals surface area contributed by atoms with E-state index in [0.29, 0.717) is 10.9 Å². The highest BCUT2D eigenvalue weighted by Crippen LogP contribution is 2.21. The van der Waals surface area contributed by atoms with Crippen molar-refractivity contribution < 1.29 is 4.79 Å². The van der Waals surface area contributed by atoms with Crippen LogP contribution >= 0.6 is 27.7 Å². The number of likely N-dealkylation sites (tertiary alicyclic amines) is 1. The molecule has 1 aliphatic heterocycles. The lowest BCUT2D eigenvalue weighted by atomic mass is 10.1. The van der Waals surface area contributed by atoms with E-state index < -0.39 is 0 Å². The Labute approximate surface area is 142 Å². The van der Waals surface area contributed by atoms with Gasteiger partial charge in [-0.1, -0.05) is 39.8 Å². The first-order valence-electron chi connectivity index (χ1n) is 7.31. The molecule has 22 heavy (non-hydrogen) atoms. The van der Waals surface area contributed by atoms with Gasteiger partial charge in [-0.2, -0.15) is 0 Å². The lowest BCUT2D eigenvalue weighted by Gasteiger charge is -2.26. The van der Waals surface area contributed by atoms with Crippen LogP contribution in [0.3, 0.4) is 0 Å². The van der Waals surface area contributed by atoms with E-state index in [1.165, 1.54) is 18.2 Å². The molecule has 7 heteroatoms. The Morgan fingerprint density at radius 1 is 1.23 bits per heavy atom. The van der Waals surface area contributed by atoms with Gasteiger partial charge in [0.05, 0.1) is 5.75 Å². The van der Waals surface area contributed by atoms with E-state index in [1.54, 1.807) is 0 Å². The van der Waals surface area contributed by atoms with Crippen molar-refractivity contribution in [1.82, 2.24) is 20.1 Å². The van der Waals surface area contributed by atoms with Crippen molar-refractivity contribution >= 4 is 33.6 Å². The number of thioether (sulfide) groups is 1. The van der Waals surface area contributed by atoms with Crippen LogP contribution in [0, 0.1) is 0 Å². The van der Waals surface area contributed by atoms with E-state index in [2.05, 4.69) is 31.1 Å². The average molecular weight is 381 g/mol. The van der Waals surface area contributed by atoms with Crippen LogP contribution < -0.4 is 0 Å². The van der Waals surface area contributed by atoms with Gasteiger partial charge in [-0.3, -0.25) is 9.89 Å². The molecule has 5 nitrogen and oxygen atoms in total. The molecule has 0 bridgehead atoms. The van der Waals surface area contributed by atoms with Gasteiger partial charge in [-0.25, -0.2) is 4.98 Å². The highest BCUT2D eigenvalue weighted by molar-refractivity contribution is 9.10. The van der Waals surface area contributed by atoms with Gasteiger partial charge in [0.1, 0.15) is 0 Å². The second kappa shape index (κ2) is 7.28. The summed E-state index contributed by atoms with van der Waals surface area (Å²) < 4.78 is 1.03. The lowest BCUT2D eigenvalue weighted by Crippen LogP contribution is -2.36. The largest absolute Gasteiger partial charge is 0.342 e. The number of carbonyl (C=O) groups excluding carboxylic acids is 1. The number of benzene rings is 1. The SMILES string of the molecule is O=C(CSc1n[nH]c(-c2ccc(Br)cc2)n1)N1CCCCC1. The van der Waals surface area contributed by atoms with Crippen molar-refractivity contribution in [2.24, 2.45) is 0 Å². The number of aromatic amines is 1. The maximum atomic E-state index is 12.1. The third-order valence-electron chi connectivity index (χ3n) is 3.62. The zero-order valence-electron chi connectivity index (χ0n) is 12.1. The summed E-state index contributed by atoms with van der Waals surface area (Å²) in [5.74, 6) is 1.30. The molecule has 1 amide bonds. The molecule has 0 unspecified atom stereocenters. The number of rotatable bonds is 4. The molecule has 3 rings (SSSR count). The summed E-state index contributed by atoms with van der Waals surface area (Å²) in [6.07, 6.45) is 3.46. The minimum atomic E-state index is 0.180. The first kappa shape index (κ1) is 15.6. The number of H-pyrrole nitrogens is 1. The summed E-state index contributed by atoms with van der Waals surface area (Å²) in [4.78, 5) is 18.5. The van der Waals surface area contributed by atoms with Gasteiger partial charge in [-0.05, 0) is 31.4 Å². The van der Waals surface area contributed by atoms with Crippen LogP contribution in [-0.2, 0) is 4.79 Å². The summed E-state index contributed by atoms with van der Waals surface area (Å²) in [5.41, 5.74) is 0.977. The number of piperidine rings is 1. The molecule has 1 N–H and O–H groups in total. The van der Waals surface area contributed by atoms with E-state index in [-0.39, 0.29) is 5.91 Å². The number of halogens is 1. The summed E-state index contributed by atoms with van der Waals surface area (Å²) >= 11 is 4.80. The summed E-state index contributed by atoms with van der Waals surface area (Å²) in [7, 11) is 0. The molecule has 0 radical (unpaired) electrons. The lowest BCUT2D eigenvalue weighted by molar-refractivity contribution is -0.129. The second-order valence-corrected chi connectivity index (χ2v) is 7.06. The zero-order valence-corrected chi connectivity index (χ0v) is 14.5. The standard InChI is InChI=1S/C15H17BrN4OS/c16-12-6-4-11(5-7-12)14-17-15(19-18-14)22-10-13(21)20-8-2-1-3-9-20/h4-7H,1-3,8-10H2,(H,17,18,19). The van der Waals surface area contributed by atoms with E-state index in [0.717, 1.165) is 41.8 Å². The van der Waals surface area contributed by atoms with Crippen molar-refractivity contribution in [1.29, 1.82) is 0 Å². The van der Waals surface area contributed by atoms with Crippen molar-refractivity contribution in [3.05, 3.63) is 28.7 Å². The fraction of sp³-hybridized carbons (Fsp3) is 0.400. The van der Waals surface area contributed by atoms with Crippen LogP contribution in [0.5, 0.6) is 0 Å². The molecule has 0 saturated carbocycles. The second-order valence-electron chi connectivity index (χ2n) is 5.20. The zero-order chi connectivity index (χ0) is 15.4.